The molecule has 0 aliphatic carbocycles. The summed E-state index contributed by atoms with van der Waals surface area (Å²) < 4.78 is 50.7. The van der Waals surface area contributed by atoms with Crippen molar-refractivity contribution in [2.45, 2.75) is 38.3 Å². The number of ether oxygens (including phenoxy) is 2. The van der Waals surface area contributed by atoms with Gasteiger partial charge in [-0.3, -0.25) is 9.59 Å². The zero-order valence-corrected chi connectivity index (χ0v) is 19.4. The van der Waals surface area contributed by atoms with Crippen molar-refractivity contribution in [2.75, 3.05) is 18.5 Å². The Labute approximate surface area is 205 Å². The van der Waals surface area contributed by atoms with Crippen LogP contribution < -0.4 is 15.8 Å². The number of nitrogens with zero attached hydrogens (tertiary/aromatic N) is 2. The SMILES string of the molecule is CCOC(=O)COc1ccccc1NC(=O)C1CC=NN1C(=O)C[C@H](N)Cc1cc(F)c(F)cc1F. The minimum atomic E-state index is -1.32. The molecule has 192 valence electrons. The van der Waals surface area contributed by atoms with E-state index in [1.807, 2.05) is 0 Å². The molecule has 0 bridgehead atoms. The molecule has 1 aliphatic heterocycles. The van der Waals surface area contributed by atoms with E-state index in [9.17, 15) is 27.6 Å². The number of halogens is 3. The van der Waals surface area contributed by atoms with Crippen LogP contribution in [0.2, 0.25) is 0 Å². The van der Waals surface area contributed by atoms with Crippen molar-refractivity contribution in [3.05, 3.63) is 59.4 Å². The Morgan fingerprint density at radius 2 is 1.89 bits per heavy atom. The van der Waals surface area contributed by atoms with Crippen LogP contribution in [-0.2, 0) is 25.5 Å². The highest BCUT2D eigenvalue weighted by Gasteiger charge is 2.33. The Kier molecular flexibility index (Phi) is 9.01. The minimum Gasteiger partial charge on any atom is -0.480 e. The molecule has 2 atom stereocenters. The van der Waals surface area contributed by atoms with E-state index in [0.717, 1.165) is 5.01 Å². The second kappa shape index (κ2) is 12.2. The third-order valence-corrected chi connectivity index (χ3v) is 5.19. The largest absolute Gasteiger partial charge is 0.480 e. The van der Waals surface area contributed by atoms with Crippen molar-refractivity contribution in [3.8, 4) is 5.75 Å². The molecule has 0 saturated heterocycles. The highest BCUT2D eigenvalue weighted by Crippen LogP contribution is 2.25. The van der Waals surface area contributed by atoms with Crippen LogP contribution in [0.1, 0.15) is 25.3 Å². The van der Waals surface area contributed by atoms with Crippen LogP contribution in [0.15, 0.2) is 41.5 Å². The van der Waals surface area contributed by atoms with E-state index < -0.39 is 47.3 Å². The number of carbonyl (C=O) groups excluding carboxylic acids is 3. The number of benzene rings is 2. The van der Waals surface area contributed by atoms with Gasteiger partial charge < -0.3 is 20.5 Å². The van der Waals surface area contributed by atoms with Gasteiger partial charge in [0, 0.05) is 31.2 Å². The predicted molar refractivity (Wildman–Crippen MR) is 124 cm³/mol. The number of carbonyl (C=O) groups is 3. The van der Waals surface area contributed by atoms with Gasteiger partial charge in [-0.25, -0.2) is 23.0 Å². The van der Waals surface area contributed by atoms with E-state index in [1.54, 1.807) is 31.2 Å². The Hall–Kier alpha value is -3.93. The topological polar surface area (TPSA) is 123 Å². The van der Waals surface area contributed by atoms with Gasteiger partial charge in [0.1, 0.15) is 17.6 Å². The molecule has 0 saturated carbocycles. The average molecular weight is 506 g/mol. The van der Waals surface area contributed by atoms with E-state index in [-0.39, 0.29) is 49.5 Å². The lowest BCUT2D eigenvalue weighted by Crippen LogP contribution is -2.43. The first-order valence-electron chi connectivity index (χ1n) is 11.1. The molecule has 0 spiro atoms. The number of hydrogen-bond donors (Lipinski definition) is 2. The number of esters is 1. The third-order valence-electron chi connectivity index (χ3n) is 5.19. The maximum Gasteiger partial charge on any atom is 0.344 e. The first kappa shape index (κ1) is 26.7. The van der Waals surface area contributed by atoms with Crippen LogP contribution in [0.5, 0.6) is 5.75 Å². The summed E-state index contributed by atoms with van der Waals surface area (Å²) in [5.74, 6) is -5.03. The molecule has 3 rings (SSSR count). The van der Waals surface area contributed by atoms with Crippen LogP contribution in [-0.4, -0.2) is 54.3 Å². The second-order valence-corrected chi connectivity index (χ2v) is 7.89. The number of nitrogens with two attached hydrogens (primary N) is 1. The zero-order chi connectivity index (χ0) is 26.2. The Morgan fingerprint density at radius 3 is 2.64 bits per heavy atom. The van der Waals surface area contributed by atoms with Crippen molar-refractivity contribution in [2.24, 2.45) is 10.8 Å². The monoisotopic (exact) mass is 506 g/mol. The van der Waals surface area contributed by atoms with Crippen LogP contribution in [0.3, 0.4) is 0 Å². The summed E-state index contributed by atoms with van der Waals surface area (Å²) in [5.41, 5.74) is 6.04. The van der Waals surface area contributed by atoms with Crippen LogP contribution in [0.4, 0.5) is 18.9 Å². The number of hydrazone groups is 1. The average Bonchev–Trinajstić information content (AvgIpc) is 3.32. The van der Waals surface area contributed by atoms with E-state index >= 15 is 0 Å². The maximum atomic E-state index is 13.9. The highest BCUT2D eigenvalue weighted by molar-refractivity contribution is 6.00. The second-order valence-electron chi connectivity index (χ2n) is 7.89. The molecule has 9 nitrogen and oxygen atoms in total. The van der Waals surface area contributed by atoms with Gasteiger partial charge in [-0.15, -0.1) is 0 Å². The number of hydrogen-bond acceptors (Lipinski definition) is 7. The molecule has 2 amide bonds. The smallest absolute Gasteiger partial charge is 0.344 e. The van der Waals surface area contributed by atoms with Crippen LogP contribution in [0.25, 0.3) is 0 Å². The van der Waals surface area contributed by atoms with Gasteiger partial charge >= 0.3 is 5.97 Å². The van der Waals surface area contributed by atoms with E-state index in [1.165, 1.54) is 6.21 Å². The summed E-state index contributed by atoms with van der Waals surface area (Å²) in [6.07, 6.45) is 0.982. The lowest BCUT2D eigenvalue weighted by atomic mass is 10.0. The number of amides is 2. The van der Waals surface area contributed by atoms with Gasteiger partial charge in [0.2, 0.25) is 11.8 Å². The highest BCUT2D eigenvalue weighted by atomic mass is 19.2. The summed E-state index contributed by atoms with van der Waals surface area (Å²) in [6.45, 7) is 1.51. The quantitative estimate of drug-likeness (QED) is 0.377. The molecule has 1 unspecified atom stereocenters. The first-order chi connectivity index (χ1) is 17.2. The standard InChI is InChI=1S/C24H25F3N4O5/c1-2-35-23(33)13-36-21-6-4-3-5-19(21)30-24(34)20-7-8-29-31(20)22(32)11-15(28)9-14-10-17(26)18(27)12-16(14)25/h3-6,8,10,12,15,20H,2,7,9,11,13,28H2,1H3,(H,30,34)/t15-,20?/m1/s1. The van der Waals surface area contributed by atoms with Gasteiger partial charge in [-0.2, -0.15) is 5.10 Å². The van der Waals surface area contributed by atoms with Gasteiger partial charge in [0.15, 0.2) is 18.2 Å². The summed E-state index contributed by atoms with van der Waals surface area (Å²) in [6, 6.07) is 5.61. The number of rotatable bonds is 10. The van der Waals surface area contributed by atoms with Crippen LogP contribution >= 0.6 is 0 Å². The minimum absolute atomic E-state index is 0.135. The summed E-state index contributed by atoms with van der Waals surface area (Å²) in [5, 5.41) is 7.58. The lowest BCUT2D eigenvalue weighted by molar-refractivity contribution is -0.145. The van der Waals surface area contributed by atoms with Gasteiger partial charge in [-0.1, -0.05) is 12.1 Å². The maximum absolute atomic E-state index is 13.9. The molecule has 1 aliphatic rings. The molecule has 2 aromatic carbocycles. The fraction of sp³-hybridized carbons (Fsp3) is 0.333. The lowest BCUT2D eigenvalue weighted by Gasteiger charge is -2.23. The molecule has 0 fully saturated rings. The Morgan fingerprint density at radius 1 is 1.17 bits per heavy atom. The molecule has 0 radical (unpaired) electrons. The Bertz CT molecular complexity index is 1160. The fourth-order valence-electron chi connectivity index (χ4n) is 3.52. The number of anilines is 1. The molecule has 3 N–H and O–H groups in total. The van der Waals surface area contributed by atoms with Crippen molar-refractivity contribution in [3.63, 3.8) is 0 Å². The normalized spacial score (nSPS) is 15.5. The summed E-state index contributed by atoms with van der Waals surface area (Å²) in [7, 11) is 0. The summed E-state index contributed by atoms with van der Waals surface area (Å²) >= 11 is 0. The van der Waals surface area contributed by atoms with Crippen LogP contribution in [0, 0.1) is 17.5 Å². The van der Waals surface area contributed by atoms with Gasteiger partial charge in [0.25, 0.3) is 0 Å². The number of nitrogens with one attached hydrogen (secondary N) is 1. The molecule has 36 heavy (non-hydrogen) atoms. The van der Waals surface area contributed by atoms with Crippen molar-refractivity contribution in [1.29, 1.82) is 0 Å². The van der Waals surface area contributed by atoms with E-state index in [0.29, 0.717) is 12.1 Å². The molecule has 2 aromatic rings. The van der Waals surface area contributed by atoms with E-state index in [4.69, 9.17) is 15.2 Å². The molecule has 1 heterocycles. The van der Waals surface area contributed by atoms with Crippen molar-refractivity contribution < 1.29 is 37.0 Å². The fourth-order valence-corrected chi connectivity index (χ4v) is 3.52. The molecule has 0 aromatic heterocycles. The molecular formula is C24H25F3N4O5. The molecule has 12 heteroatoms. The van der Waals surface area contributed by atoms with Gasteiger partial charge in [-0.05, 0) is 37.1 Å². The summed E-state index contributed by atoms with van der Waals surface area (Å²) in [4.78, 5) is 37.3. The van der Waals surface area contributed by atoms with E-state index in [2.05, 4.69) is 10.4 Å². The van der Waals surface area contributed by atoms with Crippen molar-refractivity contribution >= 4 is 29.7 Å². The number of para-hydroxylation sites is 2. The first-order valence-corrected chi connectivity index (χ1v) is 11.1. The molecular weight excluding hydrogens is 481 g/mol. The predicted octanol–water partition coefficient (Wildman–Crippen LogP) is 2.53. The van der Waals surface area contributed by atoms with Gasteiger partial charge in [0.05, 0.1) is 12.3 Å². The third kappa shape index (κ3) is 6.81. The Balaban J connectivity index is 1.61. The van der Waals surface area contributed by atoms with Crippen molar-refractivity contribution in [1.82, 2.24) is 5.01 Å². The zero-order valence-electron chi connectivity index (χ0n) is 19.4.